The molecule has 112 valence electrons. The van der Waals surface area contributed by atoms with Gasteiger partial charge in [-0.2, -0.15) is 0 Å². The standard InChI is InChI=1S/C15H29NO3/c1-12(11-15(2,3)4)10-13(17)16-9-7-5-6-8-14(18)19/h12H,5-11H2,1-4H3,(H,16,17)(H,18,19). The van der Waals surface area contributed by atoms with Crippen molar-refractivity contribution in [2.24, 2.45) is 11.3 Å². The van der Waals surface area contributed by atoms with Gasteiger partial charge in [-0.3, -0.25) is 9.59 Å². The maximum Gasteiger partial charge on any atom is 0.303 e. The first-order valence-electron chi connectivity index (χ1n) is 7.19. The molecule has 2 N–H and O–H groups in total. The van der Waals surface area contributed by atoms with Gasteiger partial charge in [0, 0.05) is 19.4 Å². The van der Waals surface area contributed by atoms with Crippen molar-refractivity contribution >= 4 is 11.9 Å². The molecule has 0 aliphatic rings. The monoisotopic (exact) mass is 271 g/mol. The van der Waals surface area contributed by atoms with Crippen molar-refractivity contribution in [3.05, 3.63) is 0 Å². The van der Waals surface area contributed by atoms with E-state index >= 15 is 0 Å². The number of hydrogen-bond donors (Lipinski definition) is 2. The topological polar surface area (TPSA) is 66.4 Å². The number of carbonyl (C=O) groups is 2. The maximum atomic E-state index is 11.7. The Morgan fingerprint density at radius 1 is 1.16 bits per heavy atom. The molecule has 0 saturated heterocycles. The van der Waals surface area contributed by atoms with Crippen molar-refractivity contribution in [3.63, 3.8) is 0 Å². The van der Waals surface area contributed by atoms with Crippen LogP contribution in [0.1, 0.15) is 66.2 Å². The quantitative estimate of drug-likeness (QED) is 0.633. The number of aliphatic carboxylic acids is 1. The molecule has 1 unspecified atom stereocenters. The number of carbonyl (C=O) groups excluding carboxylic acids is 1. The summed E-state index contributed by atoms with van der Waals surface area (Å²) in [6.45, 7) is 9.32. The minimum atomic E-state index is -0.750. The van der Waals surface area contributed by atoms with Gasteiger partial charge in [-0.05, 0) is 30.6 Å². The average molecular weight is 271 g/mol. The Morgan fingerprint density at radius 2 is 1.79 bits per heavy atom. The van der Waals surface area contributed by atoms with Crippen LogP contribution in [0.5, 0.6) is 0 Å². The second kappa shape index (κ2) is 8.94. The molecule has 0 radical (unpaired) electrons. The average Bonchev–Trinajstić information content (AvgIpc) is 2.19. The zero-order valence-corrected chi connectivity index (χ0v) is 12.8. The number of rotatable bonds is 9. The lowest BCUT2D eigenvalue weighted by atomic mass is 9.84. The number of amides is 1. The number of carboxylic acids is 1. The molecule has 0 heterocycles. The first-order chi connectivity index (χ1) is 8.70. The number of carboxylic acid groups (broad SMARTS) is 1. The van der Waals surface area contributed by atoms with Gasteiger partial charge in [0.2, 0.25) is 5.91 Å². The van der Waals surface area contributed by atoms with Gasteiger partial charge in [-0.25, -0.2) is 0 Å². The van der Waals surface area contributed by atoms with Gasteiger partial charge >= 0.3 is 5.97 Å². The second-order valence-electron chi connectivity index (χ2n) is 6.63. The SMILES string of the molecule is CC(CC(=O)NCCCCCC(=O)O)CC(C)(C)C. The molecule has 1 atom stereocenters. The predicted octanol–water partition coefficient (Wildman–Crippen LogP) is 3.21. The van der Waals surface area contributed by atoms with Gasteiger partial charge in [0.05, 0.1) is 0 Å². The highest BCUT2D eigenvalue weighted by Gasteiger charge is 2.17. The molecule has 0 aromatic carbocycles. The summed E-state index contributed by atoms with van der Waals surface area (Å²) in [5, 5.41) is 11.4. The van der Waals surface area contributed by atoms with E-state index in [-0.39, 0.29) is 17.7 Å². The smallest absolute Gasteiger partial charge is 0.303 e. The Balaban J connectivity index is 3.57. The van der Waals surface area contributed by atoms with E-state index in [1.807, 2.05) is 0 Å². The van der Waals surface area contributed by atoms with Gasteiger partial charge in [0.25, 0.3) is 0 Å². The van der Waals surface area contributed by atoms with Crippen LogP contribution in [-0.2, 0) is 9.59 Å². The number of unbranched alkanes of at least 4 members (excludes halogenated alkanes) is 2. The van der Waals surface area contributed by atoms with Crippen molar-refractivity contribution in [3.8, 4) is 0 Å². The molecule has 0 aliphatic heterocycles. The van der Waals surface area contributed by atoms with Crippen LogP contribution in [0.2, 0.25) is 0 Å². The van der Waals surface area contributed by atoms with Crippen LogP contribution in [0, 0.1) is 11.3 Å². The molecule has 0 bridgehead atoms. The van der Waals surface area contributed by atoms with Gasteiger partial charge in [0.15, 0.2) is 0 Å². The molecule has 1 amide bonds. The fraction of sp³-hybridized carbons (Fsp3) is 0.867. The van der Waals surface area contributed by atoms with Crippen LogP contribution < -0.4 is 5.32 Å². The summed E-state index contributed by atoms with van der Waals surface area (Å²) < 4.78 is 0. The van der Waals surface area contributed by atoms with Crippen LogP contribution in [0.25, 0.3) is 0 Å². The van der Waals surface area contributed by atoms with Crippen molar-refractivity contribution in [1.82, 2.24) is 5.32 Å². The van der Waals surface area contributed by atoms with Crippen LogP contribution in [0.15, 0.2) is 0 Å². The Kier molecular flexibility index (Phi) is 8.44. The Bertz CT molecular complexity index is 282. The molecule has 0 aromatic rings. The summed E-state index contributed by atoms with van der Waals surface area (Å²) in [5.74, 6) is -0.248. The number of hydrogen-bond acceptors (Lipinski definition) is 2. The second-order valence-corrected chi connectivity index (χ2v) is 6.63. The van der Waals surface area contributed by atoms with E-state index in [0.717, 1.165) is 19.3 Å². The lowest BCUT2D eigenvalue weighted by Gasteiger charge is -2.22. The predicted molar refractivity (Wildman–Crippen MR) is 77.0 cm³/mol. The van der Waals surface area contributed by atoms with Crippen LogP contribution in [0.4, 0.5) is 0 Å². The Hall–Kier alpha value is -1.06. The molecule has 4 heteroatoms. The minimum absolute atomic E-state index is 0.106. The first-order valence-corrected chi connectivity index (χ1v) is 7.19. The largest absolute Gasteiger partial charge is 0.481 e. The fourth-order valence-electron chi connectivity index (χ4n) is 2.31. The van der Waals surface area contributed by atoms with Gasteiger partial charge in [-0.1, -0.05) is 34.1 Å². The van der Waals surface area contributed by atoms with E-state index < -0.39 is 5.97 Å². The van der Waals surface area contributed by atoms with Crippen LogP contribution in [-0.4, -0.2) is 23.5 Å². The molecule has 19 heavy (non-hydrogen) atoms. The van der Waals surface area contributed by atoms with E-state index in [0.29, 0.717) is 25.3 Å². The van der Waals surface area contributed by atoms with Gasteiger partial charge < -0.3 is 10.4 Å². The molecular weight excluding hydrogens is 242 g/mol. The first kappa shape index (κ1) is 17.9. The van der Waals surface area contributed by atoms with Crippen molar-refractivity contribution < 1.29 is 14.7 Å². The fourth-order valence-corrected chi connectivity index (χ4v) is 2.31. The third kappa shape index (κ3) is 13.2. The zero-order valence-electron chi connectivity index (χ0n) is 12.8. The molecular formula is C15H29NO3. The zero-order chi connectivity index (χ0) is 14.9. The third-order valence-electron chi connectivity index (χ3n) is 2.88. The summed E-state index contributed by atoms with van der Waals surface area (Å²) in [4.78, 5) is 22.0. The molecule has 0 rings (SSSR count). The summed E-state index contributed by atoms with van der Waals surface area (Å²) in [6, 6.07) is 0. The van der Waals surface area contributed by atoms with Crippen LogP contribution >= 0.6 is 0 Å². The lowest BCUT2D eigenvalue weighted by molar-refractivity contribution is -0.137. The molecule has 0 aliphatic carbocycles. The highest BCUT2D eigenvalue weighted by atomic mass is 16.4. The van der Waals surface area contributed by atoms with E-state index in [9.17, 15) is 9.59 Å². The normalized spacial score (nSPS) is 13.1. The molecule has 4 nitrogen and oxygen atoms in total. The van der Waals surface area contributed by atoms with E-state index in [2.05, 4.69) is 33.0 Å². The van der Waals surface area contributed by atoms with Crippen LogP contribution in [0.3, 0.4) is 0 Å². The third-order valence-corrected chi connectivity index (χ3v) is 2.88. The van der Waals surface area contributed by atoms with E-state index in [4.69, 9.17) is 5.11 Å². The molecule has 0 fully saturated rings. The summed E-state index contributed by atoms with van der Waals surface area (Å²) >= 11 is 0. The molecule has 0 saturated carbocycles. The van der Waals surface area contributed by atoms with Crippen molar-refractivity contribution in [1.29, 1.82) is 0 Å². The van der Waals surface area contributed by atoms with Crippen molar-refractivity contribution in [2.75, 3.05) is 6.54 Å². The number of nitrogens with one attached hydrogen (secondary N) is 1. The Labute approximate surface area is 117 Å². The maximum absolute atomic E-state index is 11.7. The van der Waals surface area contributed by atoms with Gasteiger partial charge in [0.1, 0.15) is 0 Å². The molecule has 0 spiro atoms. The minimum Gasteiger partial charge on any atom is -0.481 e. The summed E-state index contributed by atoms with van der Waals surface area (Å²) in [6.07, 6.45) is 4.23. The summed E-state index contributed by atoms with van der Waals surface area (Å²) in [5.41, 5.74) is 0.260. The van der Waals surface area contributed by atoms with E-state index in [1.165, 1.54) is 0 Å². The highest BCUT2D eigenvalue weighted by molar-refractivity contribution is 5.76. The van der Waals surface area contributed by atoms with E-state index in [1.54, 1.807) is 0 Å². The summed E-state index contributed by atoms with van der Waals surface area (Å²) in [7, 11) is 0. The van der Waals surface area contributed by atoms with Gasteiger partial charge in [-0.15, -0.1) is 0 Å². The molecule has 0 aromatic heterocycles. The Morgan fingerprint density at radius 3 is 2.32 bits per heavy atom. The highest BCUT2D eigenvalue weighted by Crippen LogP contribution is 2.25. The van der Waals surface area contributed by atoms with Crippen molar-refractivity contribution in [2.45, 2.75) is 66.2 Å². The lowest BCUT2D eigenvalue weighted by Crippen LogP contribution is -2.27.